The SMILES string of the molecule is CC(C)(C)OC(=O)N1CC([C@H](C=O)NC(=O)OCc2ccccc2)C1. The largest absolute Gasteiger partial charge is 0.445 e. The molecular formula is C18H24N2O5. The van der Waals surface area contributed by atoms with Gasteiger partial charge in [-0.3, -0.25) is 0 Å². The van der Waals surface area contributed by atoms with Crippen LogP contribution in [0.1, 0.15) is 26.3 Å². The lowest BCUT2D eigenvalue weighted by molar-refractivity contribution is -0.112. The molecule has 0 radical (unpaired) electrons. The van der Waals surface area contributed by atoms with Crippen LogP contribution in [0.25, 0.3) is 0 Å². The molecule has 0 unspecified atom stereocenters. The zero-order chi connectivity index (χ0) is 18.4. The Bertz CT molecular complexity index is 606. The van der Waals surface area contributed by atoms with E-state index < -0.39 is 23.8 Å². The molecule has 0 bridgehead atoms. The highest BCUT2D eigenvalue weighted by molar-refractivity contribution is 5.74. The Hall–Kier alpha value is -2.57. The van der Waals surface area contributed by atoms with E-state index in [9.17, 15) is 14.4 Å². The summed E-state index contributed by atoms with van der Waals surface area (Å²) >= 11 is 0. The van der Waals surface area contributed by atoms with Crippen LogP contribution >= 0.6 is 0 Å². The Balaban J connectivity index is 1.75. The first-order chi connectivity index (χ1) is 11.8. The van der Waals surface area contributed by atoms with E-state index in [4.69, 9.17) is 9.47 Å². The summed E-state index contributed by atoms with van der Waals surface area (Å²) in [5.74, 6) is -0.144. The number of carbonyl (C=O) groups is 3. The number of hydrogen-bond acceptors (Lipinski definition) is 5. The lowest BCUT2D eigenvalue weighted by Gasteiger charge is -2.41. The quantitative estimate of drug-likeness (QED) is 0.826. The smallest absolute Gasteiger partial charge is 0.410 e. The van der Waals surface area contributed by atoms with Crippen molar-refractivity contribution in [3.8, 4) is 0 Å². The lowest BCUT2D eigenvalue weighted by atomic mass is 9.93. The van der Waals surface area contributed by atoms with Crippen molar-refractivity contribution < 1.29 is 23.9 Å². The molecule has 1 aliphatic rings. The number of nitrogens with one attached hydrogen (secondary N) is 1. The van der Waals surface area contributed by atoms with Gasteiger partial charge < -0.3 is 24.5 Å². The number of ether oxygens (including phenoxy) is 2. The second-order valence-corrected chi connectivity index (χ2v) is 7.01. The standard InChI is InChI=1S/C18H24N2O5/c1-18(2,3)25-17(23)20-9-14(10-20)15(11-21)19-16(22)24-12-13-7-5-4-6-8-13/h4-8,11,14-15H,9-10,12H2,1-3H3,(H,19,22)/t15-/m0/s1. The molecule has 136 valence electrons. The van der Waals surface area contributed by atoms with Crippen molar-refractivity contribution in [1.29, 1.82) is 0 Å². The van der Waals surface area contributed by atoms with Crippen molar-refractivity contribution in [2.45, 2.75) is 39.0 Å². The van der Waals surface area contributed by atoms with Gasteiger partial charge in [-0.15, -0.1) is 0 Å². The minimum atomic E-state index is -0.693. The second-order valence-electron chi connectivity index (χ2n) is 7.01. The van der Waals surface area contributed by atoms with Crippen LogP contribution in [0.3, 0.4) is 0 Å². The highest BCUT2D eigenvalue weighted by Gasteiger charge is 2.38. The van der Waals surface area contributed by atoms with Gasteiger partial charge in [0.25, 0.3) is 0 Å². The highest BCUT2D eigenvalue weighted by atomic mass is 16.6. The highest BCUT2D eigenvalue weighted by Crippen LogP contribution is 2.21. The van der Waals surface area contributed by atoms with Crippen molar-refractivity contribution in [2.24, 2.45) is 5.92 Å². The minimum Gasteiger partial charge on any atom is -0.445 e. The third-order valence-electron chi connectivity index (χ3n) is 3.71. The molecule has 2 rings (SSSR count). The molecule has 7 heteroatoms. The van der Waals surface area contributed by atoms with E-state index in [2.05, 4.69) is 5.32 Å². The van der Waals surface area contributed by atoms with E-state index in [1.807, 2.05) is 30.3 Å². The summed E-state index contributed by atoms with van der Waals surface area (Å²) in [5, 5.41) is 2.54. The summed E-state index contributed by atoms with van der Waals surface area (Å²) in [5.41, 5.74) is 0.297. The Morgan fingerprint density at radius 2 is 1.92 bits per heavy atom. The maximum absolute atomic E-state index is 11.9. The van der Waals surface area contributed by atoms with Gasteiger partial charge in [0.2, 0.25) is 0 Å². The number of benzene rings is 1. The van der Waals surface area contributed by atoms with Crippen LogP contribution in [-0.2, 0) is 20.9 Å². The summed E-state index contributed by atoms with van der Waals surface area (Å²) in [6.07, 6.45) is -0.405. The molecule has 7 nitrogen and oxygen atoms in total. The van der Waals surface area contributed by atoms with E-state index in [0.29, 0.717) is 19.4 Å². The van der Waals surface area contributed by atoms with Crippen molar-refractivity contribution in [3.63, 3.8) is 0 Å². The zero-order valence-corrected chi connectivity index (χ0v) is 14.7. The number of aldehydes is 1. The van der Waals surface area contributed by atoms with E-state index in [-0.39, 0.29) is 12.5 Å². The molecule has 1 atom stereocenters. The fraction of sp³-hybridized carbons (Fsp3) is 0.500. The van der Waals surface area contributed by atoms with Gasteiger partial charge in [-0.05, 0) is 26.3 Å². The van der Waals surface area contributed by atoms with Gasteiger partial charge in [-0.25, -0.2) is 9.59 Å². The van der Waals surface area contributed by atoms with Crippen LogP contribution in [0.5, 0.6) is 0 Å². The van der Waals surface area contributed by atoms with Crippen molar-refractivity contribution in [1.82, 2.24) is 10.2 Å². The molecule has 1 aromatic carbocycles. The summed E-state index contributed by atoms with van der Waals surface area (Å²) in [7, 11) is 0. The van der Waals surface area contributed by atoms with Crippen LogP contribution in [0, 0.1) is 5.92 Å². The lowest BCUT2D eigenvalue weighted by Crippen LogP contribution is -2.59. The normalized spacial score (nSPS) is 15.7. The number of likely N-dealkylation sites (tertiary alicyclic amines) is 1. The Labute approximate surface area is 147 Å². The summed E-state index contributed by atoms with van der Waals surface area (Å²) in [6, 6.07) is 8.57. The summed E-state index contributed by atoms with van der Waals surface area (Å²) < 4.78 is 10.4. The Kier molecular flexibility index (Phi) is 6.01. The molecule has 1 fully saturated rings. The first kappa shape index (κ1) is 18.8. The number of rotatable bonds is 5. The average Bonchev–Trinajstić information content (AvgIpc) is 2.49. The van der Waals surface area contributed by atoms with E-state index in [1.165, 1.54) is 4.90 Å². The summed E-state index contributed by atoms with van der Waals surface area (Å²) in [4.78, 5) is 36.5. The molecule has 1 aliphatic heterocycles. The van der Waals surface area contributed by atoms with Crippen LogP contribution in [0.4, 0.5) is 9.59 Å². The first-order valence-corrected chi connectivity index (χ1v) is 8.19. The summed E-state index contributed by atoms with van der Waals surface area (Å²) in [6.45, 7) is 6.23. The first-order valence-electron chi connectivity index (χ1n) is 8.19. The number of amides is 2. The van der Waals surface area contributed by atoms with Gasteiger partial charge in [0, 0.05) is 19.0 Å². The number of hydrogen-bond donors (Lipinski definition) is 1. The fourth-order valence-electron chi connectivity index (χ4n) is 2.38. The van der Waals surface area contributed by atoms with Gasteiger partial charge in [0.05, 0.1) is 6.04 Å². The molecule has 0 aromatic heterocycles. The van der Waals surface area contributed by atoms with Gasteiger partial charge in [0.15, 0.2) is 0 Å². The predicted octanol–water partition coefficient (Wildman–Crippen LogP) is 2.35. The van der Waals surface area contributed by atoms with E-state index >= 15 is 0 Å². The third kappa shape index (κ3) is 5.77. The molecule has 0 aliphatic carbocycles. The van der Waals surface area contributed by atoms with E-state index in [0.717, 1.165) is 5.56 Å². The number of carbonyl (C=O) groups excluding carboxylic acids is 3. The molecule has 0 saturated carbocycles. The Morgan fingerprint density at radius 3 is 2.48 bits per heavy atom. The van der Waals surface area contributed by atoms with Crippen molar-refractivity contribution >= 4 is 18.5 Å². The Morgan fingerprint density at radius 1 is 1.28 bits per heavy atom. The molecule has 2 amide bonds. The van der Waals surface area contributed by atoms with E-state index in [1.54, 1.807) is 20.8 Å². The van der Waals surface area contributed by atoms with Crippen molar-refractivity contribution in [2.75, 3.05) is 13.1 Å². The monoisotopic (exact) mass is 348 g/mol. The number of nitrogens with zero attached hydrogens (tertiary/aromatic N) is 1. The van der Waals surface area contributed by atoms with Gasteiger partial charge in [-0.2, -0.15) is 0 Å². The van der Waals surface area contributed by atoms with Crippen molar-refractivity contribution in [3.05, 3.63) is 35.9 Å². The third-order valence-corrected chi connectivity index (χ3v) is 3.71. The van der Waals surface area contributed by atoms with Crippen LogP contribution in [-0.4, -0.2) is 48.1 Å². The second kappa shape index (κ2) is 8.00. The zero-order valence-electron chi connectivity index (χ0n) is 14.7. The number of alkyl carbamates (subject to hydrolysis) is 1. The van der Waals surface area contributed by atoms with Gasteiger partial charge in [0.1, 0.15) is 18.5 Å². The molecule has 1 heterocycles. The molecule has 1 aromatic rings. The van der Waals surface area contributed by atoms with Crippen LogP contribution in [0.15, 0.2) is 30.3 Å². The topological polar surface area (TPSA) is 84.9 Å². The predicted molar refractivity (Wildman–Crippen MR) is 90.9 cm³/mol. The maximum Gasteiger partial charge on any atom is 0.410 e. The molecule has 1 N–H and O–H groups in total. The minimum absolute atomic E-state index is 0.132. The average molecular weight is 348 g/mol. The molecule has 25 heavy (non-hydrogen) atoms. The molecule has 0 spiro atoms. The fourth-order valence-corrected chi connectivity index (χ4v) is 2.38. The maximum atomic E-state index is 11.9. The molecular weight excluding hydrogens is 324 g/mol. The van der Waals surface area contributed by atoms with Gasteiger partial charge >= 0.3 is 12.2 Å². The van der Waals surface area contributed by atoms with Gasteiger partial charge in [-0.1, -0.05) is 30.3 Å². The molecule has 1 saturated heterocycles. The van der Waals surface area contributed by atoms with Crippen LogP contribution < -0.4 is 5.32 Å². The van der Waals surface area contributed by atoms with Crippen LogP contribution in [0.2, 0.25) is 0 Å².